The van der Waals surface area contributed by atoms with E-state index >= 15 is 0 Å². The standard InChI is InChI=1S/C17H23NO3/c1-4-13-7-5-6-8-14(13)15(19)18-10-9-17(11-18,12(2)3)16(20)21/h5-8,12H,4,9-11H2,1-3H3,(H,20,21). The summed E-state index contributed by atoms with van der Waals surface area (Å²) in [7, 11) is 0. The number of carbonyl (C=O) groups excluding carboxylic acids is 1. The second-order valence-electron chi connectivity index (χ2n) is 6.10. The van der Waals surface area contributed by atoms with Gasteiger partial charge in [-0.2, -0.15) is 0 Å². The summed E-state index contributed by atoms with van der Waals surface area (Å²) in [5, 5.41) is 9.57. The summed E-state index contributed by atoms with van der Waals surface area (Å²) in [5.41, 5.74) is 0.904. The molecule has 1 atom stereocenters. The first-order chi connectivity index (χ1) is 9.92. The van der Waals surface area contributed by atoms with Gasteiger partial charge in [-0.15, -0.1) is 0 Å². The van der Waals surface area contributed by atoms with Crippen molar-refractivity contribution in [3.63, 3.8) is 0 Å². The highest BCUT2D eigenvalue weighted by Gasteiger charge is 2.48. The summed E-state index contributed by atoms with van der Waals surface area (Å²) in [5.74, 6) is -0.831. The lowest BCUT2D eigenvalue weighted by Gasteiger charge is -2.28. The van der Waals surface area contributed by atoms with Crippen molar-refractivity contribution >= 4 is 11.9 Å². The zero-order valence-corrected chi connectivity index (χ0v) is 12.9. The van der Waals surface area contributed by atoms with Crippen molar-refractivity contribution in [3.8, 4) is 0 Å². The molecule has 0 saturated carbocycles. The summed E-state index contributed by atoms with van der Waals surface area (Å²) in [4.78, 5) is 26.0. The van der Waals surface area contributed by atoms with E-state index in [0.717, 1.165) is 12.0 Å². The maximum Gasteiger partial charge on any atom is 0.311 e. The number of aryl methyl sites for hydroxylation is 1. The number of carboxylic acid groups (broad SMARTS) is 1. The molecule has 0 radical (unpaired) electrons. The predicted molar refractivity (Wildman–Crippen MR) is 81.2 cm³/mol. The van der Waals surface area contributed by atoms with Gasteiger partial charge in [0, 0.05) is 18.7 Å². The number of benzene rings is 1. The molecule has 2 rings (SSSR count). The molecule has 1 aliphatic rings. The molecule has 1 N–H and O–H groups in total. The fourth-order valence-electron chi connectivity index (χ4n) is 3.11. The predicted octanol–water partition coefficient (Wildman–Crippen LogP) is 2.82. The van der Waals surface area contributed by atoms with Crippen LogP contribution in [0.3, 0.4) is 0 Å². The average molecular weight is 289 g/mol. The molecule has 1 saturated heterocycles. The molecule has 1 fully saturated rings. The Hall–Kier alpha value is -1.84. The van der Waals surface area contributed by atoms with Gasteiger partial charge in [-0.05, 0) is 30.4 Å². The Morgan fingerprint density at radius 1 is 1.33 bits per heavy atom. The third kappa shape index (κ3) is 2.67. The number of carboxylic acids is 1. The molecule has 0 bridgehead atoms. The first kappa shape index (κ1) is 15.5. The van der Waals surface area contributed by atoms with Crippen LogP contribution < -0.4 is 0 Å². The minimum Gasteiger partial charge on any atom is -0.481 e. The summed E-state index contributed by atoms with van der Waals surface area (Å²) in [6.45, 7) is 6.67. The Labute approximate surface area is 125 Å². The van der Waals surface area contributed by atoms with Crippen LogP contribution in [0, 0.1) is 11.3 Å². The van der Waals surface area contributed by atoms with Crippen LogP contribution in [0.4, 0.5) is 0 Å². The highest BCUT2D eigenvalue weighted by molar-refractivity contribution is 5.96. The molecule has 21 heavy (non-hydrogen) atoms. The highest BCUT2D eigenvalue weighted by atomic mass is 16.4. The monoisotopic (exact) mass is 289 g/mol. The molecule has 1 amide bonds. The van der Waals surface area contributed by atoms with Crippen molar-refractivity contribution < 1.29 is 14.7 Å². The highest BCUT2D eigenvalue weighted by Crippen LogP contribution is 2.38. The second-order valence-corrected chi connectivity index (χ2v) is 6.10. The Bertz CT molecular complexity index is 553. The van der Waals surface area contributed by atoms with Crippen LogP contribution in [-0.2, 0) is 11.2 Å². The summed E-state index contributed by atoms with van der Waals surface area (Å²) in [6.07, 6.45) is 1.32. The maximum atomic E-state index is 12.7. The molecule has 4 nitrogen and oxygen atoms in total. The van der Waals surface area contributed by atoms with Gasteiger partial charge in [-0.1, -0.05) is 39.0 Å². The van der Waals surface area contributed by atoms with Gasteiger partial charge in [0.15, 0.2) is 0 Å². The number of nitrogens with zero attached hydrogens (tertiary/aromatic N) is 1. The molecule has 1 aromatic carbocycles. The van der Waals surface area contributed by atoms with Crippen molar-refractivity contribution in [2.75, 3.05) is 13.1 Å². The van der Waals surface area contributed by atoms with E-state index in [4.69, 9.17) is 0 Å². The lowest BCUT2D eigenvalue weighted by Crippen LogP contribution is -2.40. The molecule has 4 heteroatoms. The summed E-state index contributed by atoms with van der Waals surface area (Å²) < 4.78 is 0. The van der Waals surface area contributed by atoms with Gasteiger partial charge in [0.25, 0.3) is 5.91 Å². The normalized spacial score (nSPS) is 21.8. The van der Waals surface area contributed by atoms with E-state index in [9.17, 15) is 14.7 Å². The Balaban J connectivity index is 2.25. The van der Waals surface area contributed by atoms with Crippen LogP contribution in [0.1, 0.15) is 43.1 Å². The number of carbonyl (C=O) groups is 2. The smallest absolute Gasteiger partial charge is 0.311 e. The molecule has 114 valence electrons. The van der Waals surface area contributed by atoms with Crippen LogP contribution in [-0.4, -0.2) is 35.0 Å². The van der Waals surface area contributed by atoms with Gasteiger partial charge in [-0.3, -0.25) is 9.59 Å². The zero-order valence-electron chi connectivity index (χ0n) is 12.9. The Morgan fingerprint density at radius 3 is 2.52 bits per heavy atom. The largest absolute Gasteiger partial charge is 0.481 e. The summed E-state index contributed by atoms with van der Waals surface area (Å²) >= 11 is 0. The third-order valence-electron chi connectivity index (χ3n) is 4.75. The number of aliphatic carboxylic acids is 1. The number of rotatable bonds is 4. The zero-order chi connectivity index (χ0) is 15.6. The number of amides is 1. The van der Waals surface area contributed by atoms with Gasteiger partial charge in [0.1, 0.15) is 0 Å². The molecule has 0 aromatic heterocycles. The molecule has 0 spiro atoms. The summed E-state index contributed by atoms with van der Waals surface area (Å²) in [6, 6.07) is 7.57. The van der Waals surface area contributed by atoms with E-state index in [0.29, 0.717) is 25.1 Å². The van der Waals surface area contributed by atoms with Crippen molar-refractivity contribution in [1.82, 2.24) is 4.90 Å². The first-order valence-electron chi connectivity index (χ1n) is 7.53. The average Bonchev–Trinajstić information content (AvgIpc) is 2.93. The lowest BCUT2D eigenvalue weighted by atomic mass is 9.76. The van der Waals surface area contributed by atoms with Gasteiger partial charge >= 0.3 is 5.97 Å². The third-order valence-corrected chi connectivity index (χ3v) is 4.75. The van der Waals surface area contributed by atoms with Crippen molar-refractivity contribution in [1.29, 1.82) is 0 Å². The first-order valence-corrected chi connectivity index (χ1v) is 7.53. The van der Waals surface area contributed by atoms with Crippen molar-refractivity contribution in [2.24, 2.45) is 11.3 Å². The quantitative estimate of drug-likeness (QED) is 0.927. The van der Waals surface area contributed by atoms with Gasteiger partial charge in [0.2, 0.25) is 0 Å². The fourth-order valence-corrected chi connectivity index (χ4v) is 3.11. The van der Waals surface area contributed by atoms with E-state index in [-0.39, 0.29) is 11.8 Å². The van der Waals surface area contributed by atoms with Gasteiger partial charge < -0.3 is 10.0 Å². The SMILES string of the molecule is CCc1ccccc1C(=O)N1CCC(C(=O)O)(C(C)C)C1. The van der Waals surface area contributed by atoms with E-state index in [1.54, 1.807) is 4.90 Å². The number of likely N-dealkylation sites (tertiary alicyclic amines) is 1. The van der Waals surface area contributed by atoms with E-state index in [1.165, 1.54) is 0 Å². The molecule has 0 aliphatic carbocycles. The van der Waals surface area contributed by atoms with E-state index in [2.05, 4.69) is 0 Å². The molecular formula is C17H23NO3. The van der Waals surface area contributed by atoms with E-state index in [1.807, 2.05) is 45.0 Å². The van der Waals surface area contributed by atoms with E-state index < -0.39 is 11.4 Å². The van der Waals surface area contributed by atoms with Crippen LogP contribution in [0.2, 0.25) is 0 Å². The molecular weight excluding hydrogens is 266 g/mol. The molecule has 1 unspecified atom stereocenters. The number of hydrogen-bond acceptors (Lipinski definition) is 2. The topological polar surface area (TPSA) is 57.6 Å². The van der Waals surface area contributed by atoms with Gasteiger partial charge in [0.05, 0.1) is 5.41 Å². The Morgan fingerprint density at radius 2 is 2.00 bits per heavy atom. The van der Waals surface area contributed by atoms with Crippen LogP contribution in [0.25, 0.3) is 0 Å². The van der Waals surface area contributed by atoms with Crippen molar-refractivity contribution in [3.05, 3.63) is 35.4 Å². The number of hydrogen-bond donors (Lipinski definition) is 1. The van der Waals surface area contributed by atoms with Crippen LogP contribution in [0.15, 0.2) is 24.3 Å². The lowest BCUT2D eigenvalue weighted by molar-refractivity contribution is -0.150. The van der Waals surface area contributed by atoms with Gasteiger partial charge in [-0.25, -0.2) is 0 Å². The minimum absolute atomic E-state index is 0.00854. The minimum atomic E-state index is -0.809. The molecule has 1 aliphatic heterocycles. The van der Waals surface area contributed by atoms with Crippen LogP contribution in [0.5, 0.6) is 0 Å². The van der Waals surface area contributed by atoms with Crippen molar-refractivity contribution in [2.45, 2.75) is 33.6 Å². The second kappa shape index (κ2) is 5.88. The maximum absolute atomic E-state index is 12.7. The van der Waals surface area contributed by atoms with Crippen LogP contribution >= 0.6 is 0 Å². The molecule has 1 aromatic rings. The Kier molecular flexibility index (Phi) is 4.35. The fraction of sp³-hybridized carbons (Fsp3) is 0.529. The molecule has 1 heterocycles.